The molecule has 0 saturated carbocycles. The van der Waals surface area contributed by atoms with Crippen LogP contribution in [0.3, 0.4) is 0 Å². The SMILES string of the molecule is NC(CO)C(=O)OCCCC(c1ccccc1)c1ccccc1. The summed E-state index contributed by atoms with van der Waals surface area (Å²) in [5.74, 6) is -0.286. The van der Waals surface area contributed by atoms with Crippen LogP contribution in [0.25, 0.3) is 0 Å². The van der Waals surface area contributed by atoms with Crippen LogP contribution in [0.1, 0.15) is 29.9 Å². The topological polar surface area (TPSA) is 72.5 Å². The molecular formula is C19H23NO3. The number of benzene rings is 2. The Kier molecular flexibility index (Phi) is 6.78. The summed E-state index contributed by atoms with van der Waals surface area (Å²) in [5, 5.41) is 8.82. The second kappa shape index (κ2) is 9.08. The molecule has 1 atom stereocenters. The molecule has 0 saturated heterocycles. The summed E-state index contributed by atoms with van der Waals surface area (Å²) in [6, 6.07) is 19.7. The van der Waals surface area contributed by atoms with Crippen molar-refractivity contribution in [2.24, 2.45) is 5.73 Å². The molecule has 0 radical (unpaired) electrons. The Labute approximate surface area is 136 Å². The van der Waals surface area contributed by atoms with Crippen molar-refractivity contribution < 1.29 is 14.6 Å². The predicted octanol–water partition coefficient (Wildman–Crippen LogP) is 2.46. The fourth-order valence-corrected chi connectivity index (χ4v) is 2.54. The van der Waals surface area contributed by atoms with Gasteiger partial charge < -0.3 is 15.6 Å². The first kappa shape index (κ1) is 17.2. The summed E-state index contributed by atoms with van der Waals surface area (Å²) in [6.07, 6.45) is 1.61. The first-order valence-corrected chi connectivity index (χ1v) is 7.85. The molecule has 2 aromatic carbocycles. The van der Waals surface area contributed by atoms with Crippen molar-refractivity contribution in [3.63, 3.8) is 0 Å². The van der Waals surface area contributed by atoms with Crippen LogP contribution in [0.15, 0.2) is 60.7 Å². The first-order valence-electron chi connectivity index (χ1n) is 7.85. The van der Waals surface area contributed by atoms with E-state index in [0.717, 1.165) is 12.8 Å². The van der Waals surface area contributed by atoms with Crippen molar-refractivity contribution in [2.45, 2.75) is 24.8 Å². The molecule has 2 rings (SSSR count). The maximum absolute atomic E-state index is 11.5. The average Bonchev–Trinajstić information content (AvgIpc) is 2.62. The Morgan fingerprint density at radius 1 is 1.00 bits per heavy atom. The molecule has 3 N–H and O–H groups in total. The number of aliphatic hydroxyl groups excluding tert-OH is 1. The van der Waals surface area contributed by atoms with E-state index in [9.17, 15) is 4.79 Å². The third kappa shape index (κ3) is 5.20. The second-order valence-electron chi connectivity index (χ2n) is 5.47. The van der Waals surface area contributed by atoms with Crippen molar-refractivity contribution >= 4 is 5.97 Å². The highest BCUT2D eigenvalue weighted by atomic mass is 16.5. The molecule has 23 heavy (non-hydrogen) atoms. The molecule has 4 nitrogen and oxygen atoms in total. The summed E-state index contributed by atoms with van der Waals surface area (Å²) < 4.78 is 5.09. The van der Waals surface area contributed by atoms with E-state index in [-0.39, 0.29) is 5.92 Å². The summed E-state index contributed by atoms with van der Waals surface area (Å²) in [7, 11) is 0. The quantitative estimate of drug-likeness (QED) is 0.580. The molecule has 0 fully saturated rings. The van der Waals surface area contributed by atoms with Gasteiger partial charge in [0.1, 0.15) is 6.04 Å². The van der Waals surface area contributed by atoms with Crippen LogP contribution >= 0.6 is 0 Å². The van der Waals surface area contributed by atoms with Crippen LogP contribution in [0, 0.1) is 0 Å². The molecule has 0 spiro atoms. The third-order valence-corrected chi connectivity index (χ3v) is 3.78. The zero-order valence-electron chi connectivity index (χ0n) is 13.1. The maximum Gasteiger partial charge on any atom is 0.325 e. The molecule has 0 aliphatic rings. The van der Waals surface area contributed by atoms with Gasteiger partial charge in [-0.25, -0.2) is 0 Å². The summed E-state index contributed by atoms with van der Waals surface area (Å²) in [6.45, 7) is -0.0851. The number of esters is 1. The van der Waals surface area contributed by atoms with Gasteiger partial charge in [-0.3, -0.25) is 4.79 Å². The minimum atomic E-state index is -0.950. The number of hydrogen-bond acceptors (Lipinski definition) is 4. The van der Waals surface area contributed by atoms with Gasteiger partial charge in [-0.15, -0.1) is 0 Å². The predicted molar refractivity (Wildman–Crippen MR) is 90.0 cm³/mol. The van der Waals surface area contributed by atoms with Crippen LogP contribution in [0.4, 0.5) is 0 Å². The standard InChI is InChI=1S/C19H23NO3/c20-18(14-21)19(22)23-13-7-12-17(15-8-3-1-4-9-15)16-10-5-2-6-11-16/h1-6,8-11,17-18,21H,7,12-14,20H2. The number of ether oxygens (including phenoxy) is 1. The molecular weight excluding hydrogens is 290 g/mol. The minimum Gasteiger partial charge on any atom is -0.464 e. The normalized spacial score (nSPS) is 12.1. The first-order chi connectivity index (χ1) is 11.2. The third-order valence-electron chi connectivity index (χ3n) is 3.78. The van der Waals surface area contributed by atoms with Gasteiger partial charge in [-0.05, 0) is 24.0 Å². The lowest BCUT2D eigenvalue weighted by atomic mass is 9.88. The molecule has 0 heterocycles. The number of carbonyl (C=O) groups excluding carboxylic acids is 1. The molecule has 0 aliphatic heterocycles. The van der Waals surface area contributed by atoms with Gasteiger partial charge in [-0.1, -0.05) is 60.7 Å². The van der Waals surface area contributed by atoms with E-state index in [4.69, 9.17) is 15.6 Å². The molecule has 1 unspecified atom stereocenters. The molecule has 4 heteroatoms. The zero-order chi connectivity index (χ0) is 16.5. The Morgan fingerprint density at radius 2 is 1.52 bits per heavy atom. The molecule has 2 aromatic rings. The van der Waals surface area contributed by atoms with Gasteiger partial charge in [0.05, 0.1) is 13.2 Å². The Morgan fingerprint density at radius 3 is 2.00 bits per heavy atom. The lowest BCUT2D eigenvalue weighted by Gasteiger charge is -2.18. The monoisotopic (exact) mass is 313 g/mol. The average molecular weight is 313 g/mol. The second-order valence-corrected chi connectivity index (χ2v) is 5.47. The Bertz CT molecular complexity index is 547. The van der Waals surface area contributed by atoms with E-state index in [1.54, 1.807) is 0 Å². The van der Waals surface area contributed by atoms with Gasteiger partial charge in [0.2, 0.25) is 0 Å². The van der Waals surface area contributed by atoms with Crippen LogP contribution in [-0.4, -0.2) is 30.3 Å². The van der Waals surface area contributed by atoms with E-state index >= 15 is 0 Å². The van der Waals surface area contributed by atoms with E-state index in [2.05, 4.69) is 24.3 Å². The van der Waals surface area contributed by atoms with Crippen molar-refractivity contribution in [3.05, 3.63) is 71.8 Å². The molecule has 0 aromatic heterocycles. The van der Waals surface area contributed by atoms with E-state index < -0.39 is 18.6 Å². The summed E-state index contributed by atoms with van der Waals surface area (Å²) in [5.41, 5.74) is 7.91. The van der Waals surface area contributed by atoms with Crippen LogP contribution in [0.2, 0.25) is 0 Å². The zero-order valence-corrected chi connectivity index (χ0v) is 13.1. The number of rotatable bonds is 8. The Balaban J connectivity index is 1.96. The highest BCUT2D eigenvalue weighted by molar-refractivity contribution is 5.75. The number of aliphatic hydroxyl groups is 1. The van der Waals surface area contributed by atoms with Gasteiger partial charge in [0.25, 0.3) is 0 Å². The van der Waals surface area contributed by atoms with E-state index in [1.165, 1.54) is 11.1 Å². The number of nitrogens with two attached hydrogens (primary N) is 1. The van der Waals surface area contributed by atoms with E-state index in [1.807, 2.05) is 36.4 Å². The van der Waals surface area contributed by atoms with Gasteiger partial charge in [0.15, 0.2) is 0 Å². The van der Waals surface area contributed by atoms with E-state index in [0.29, 0.717) is 6.61 Å². The van der Waals surface area contributed by atoms with Crippen molar-refractivity contribution in [3.8, 4) is 0 Å². The summed E-state index contributed by atoms with van der Waals surface area (Å²) >= 11 is 0. The minimum absolute atomic E-state index is 0.266. The molecule has 0 bridgehead atoms. The summed E-state index contributed by atoms with van der Waals surface area (Å²) in [4.78, 5) is 11.5. The fourth-order valence-electron chi connectivity index (χ4n) is 2.54. The van der Waals surface area contributed by atoms with Gasteiger partial charge in [0, 0.05) is 5.92 Å². The lowest BCUT2D eigenvalue weighted by Crippen LogP contribution is -2.35. The van der Waals surface area contributed by atoms with Crippen LogP contribution in [0.5, 0.6) is 0 Å². The number of carbonyl (C=O) groups is 1. The highest BCUT2D eigenvalue weighted by Crippen LogP contribution is 2.28. The van der Waals surface area contributed by atoms with Crippen molar-refractivity contribution in [1.82, 2.24) is 0 Å². The lowest BCUT2D eigenvalue weighted by molar-refractivity contribution is -0.146. The Hall–Kier alpha value is -2.17. The fraction of sp³-hybridized carbons (Fsp3) is 0.316. The highest BCUT2D eigenvalue weighted by Gasteiger charge is 2.16. The van der Waals surface area contributed by atoms with Crippen LogP contribution in [-0.2, 0) is 9.53 Å². The molecule has 0 amide bonds. The maximum atomic E-state index is 11.5. The van der Waals surface area contributed by atoms with Crippen molar-refractivity contribution in [2.75, 3.05) is 13.2 Å². The van der Waals surface area contributed by atoms with Crippen molar-refractivity contribution in [1.29, 1.82) is 0 Å². The molecule has 0 aliphatic carbocycles. The number of hydrogen-bond donors (Lipinski definition) is 2. The van der Waals surface area contributed by atoms with Crippen LogP contribution < -0.4 is 5.73 Å². The van der Waals surface area contributed by atoms with Gasteiger partial charge in [-0.2, -0.15) is 0 Å². The largest absolute Gasteiger partial charge is 0.464 e. The smallest absolute Gasteiger partial charge is 0.325 e. The van der Waals surface area contributed by atoms with Gasteiger partial charge >= 0.3 is 5.97 Å². The molecule has 122 valence electrons.